The van der Waals surface area contributed by atoms with Gasteiger partial charge in [0, 0.05) is 10.9 Å². The van der Waals surface area contributed by atoms with Gasteiger partial charge in [-0.1, -0.05) is 25.1 Å². The Kier molecular flexibility index (Phi) is 5.76. The van der Waals surface area contributed by atoms with E-state index in [2.05, 4.69) is 10.5 Å². The molecular weight excluding hydrogens is 344 g/mol. The highest BCUT2D eigenvalue weighted by Gasteiger charge is 2.16. The molecule has 0 aliphatic heterocycles. The fraction of sp³-hybridized carbons (Fsp3) is 0.238. The normalized spacial score (nSPS) is 11.1. The predicted octanol–water partition coefficient (Wildman–Crippen LogP) is 4.30. The van der Waals surface area contributed by atoms with Gasteiger partial charge < -0.3 is 13.9 Å². The minimum absolute atomic E-state index is 0.259. The molecule has 1 aromatic heterocycles. The van der Waals surface area contributed by atoms with Gasteiger partial charge in [-0.2, -0.15) is 5.10 Å². The van der Waals surface area contributed by atoms with Crippen LogP contribution in [-0.2, 0) is 0 Å². The molecule has 6 heteroatoms. The highest BCUT2D eigenvalue weighted by atomic mass is 16.5. The number of fused-ring (bicyclic) bond motifs is 1. The number of hydrogen-bond acceptors (Lipinski definition) is 5. The van der Waals surface area contributed by atoms with E-state index in [1.165, 1.54) is 0 Å². The SMILES string of the molecule is CCCOc1cc(/C=N\NC(=O)c2oc3ccccc3c2C)ccc1OC. The number of ether oxygens (including phenoxy) is 2. The highest BCUT2D eigenvalue weighted by Crippen LogP contribution is 2.28. The van der Waals surface area contributed by atoms with Crippen molar-refractivity contribution < 1.29 is 18.7 Å². The molecule has 0 atom stereocenters. The van der Waals surface area contributed by atoms with Crippen molar-refractivity contribution in [2.75, 3.05) is 13.7 Å². The van der Waals surface area contributed by atoms with Crippen LogP contribution in [0.4, 0.5) is 0 Å². The van der Waals surface area contributed by atoms with Crippen LogP contribution in [-0.4, -0.2) is 25.8 Å². The lowest BCUT2D eigenvalue weighted by atomic mass is 10.1. The summed E-state index contributed by atoms with van der Waals surface area (Å²) in [4.78, 5) is 12.4. The van der Waals surface area contributed by atoms with E-state index in [4.69, 9.17) is 13.9 Å². The van der Waals surface area contributed by atoms with Gasteiger partial charge in [0.2, 0.25) is 0 Å². The summed E-state index contributed by atoms with van der Waals surface area (Å²) in [5.41, 5.74) is 4.75. The van der Waals surface area contributed by atoms with E-state index >= 15 is 0 Å². The number of benzene rings is 2. The monoisotopic (exact) mass is 366 g/mol. The standard InChI is InChI=1S/C21H22N2O4/c1-4-11-26-19-12-15(9-10-18(19)25-3)13-22-23-21(24)20-14(2)16-7-5-6-8-17(16)27-20/h5-10,12-13H,4,11H2,1-3H3,(H,23,24)/b22-13-. The molecule has 0 saturated carbocycles. The van der Waals surface area contributed by atoms with Gasteiger partial charge in [-0.3, -0.25) is 4.79 Å². The van der Waals surface area contributed by atoms with Gasteiger partial charge in [0.25, 0.3) is 0 Å². The molecule has 0 bridgehead atoms. The summed E-state index contributed by atoms with van der Waals surface area (Å²) in [7, 11) is 1.60. The molecule has 0 fully saturated rings. The molecule has 0 radical (unpaired) electrons. The summed E-state index contributed by atoms with van der Waals surface area (Å²) in [6.45, 7) is 4.48. The Hall–Kier alpha value is -3.28. The molecule has 0 spiro atoms. The molecule has 6 nitrogen and oxygen atoms in total. The van der Waals surface area contributed by atoms with E-state index < -0.39 is 5.91 Å². The molecule has 2 aromatic carbocycles. The van der Waals surface area contributed by atoms with Crippen molar-refractivity contribution in [3.63, 3.8) is 0 Å². The van der Waals surface area contributed by atoms with Gasteiger partial charge in [0.1, 0.15) is 5.58 Å². The lowest BCUT2D eigenvalue weighted by Crippen LogP contribution is -2.17. The van der Waals surface area contributed by atoms with Crippen LogP contribution in [0.25, 0.3) is 11.0 Å². The Balaban J connectivity index is 1.72. The lowest BCUT2D eigenvalue weighted by Gasteiger charge is -2.10. The molecule has 27 heavy (non-hydrogen) atoms. The topological polar surface area (TPSA) is 73.1 Å². The summed E-state index contributed by atoms with van der Waals surface area (Å²) in [5.74, 6) is 1.16. The number of hydrogen-bond donors (Lipinski definition) is 1. The zero-order chi connectivity index (χ0) is 19.2. The number of para-hydroxylation sites is 1. The van der Waals surface area contributed by atoms with Gasteiger partial charge in [-0.15, -0.1) is 0 Å². The minimum atomic E-state index is -0.393. The van der Waals surface area contributed by atoms with E-state index in [1.54, 1.807) is 19.4 Å². The first-order valence-electron chi connectivity index (χ1n) is 8.76. The van der Waals surface area contributed by atoms with Crippen LogP contribution in [0.1, 0.15) is 35.0 Å². The maximum atomic E-state index is 12.4. The molecule has 1 amide bonds. The zero-order valence-electron chi connectivity index (χ0n) is 15.6. The predicted molar refractivity (Wildman–Crippen MR) is 105 cm³/mol. The van der Waals surface area contributed by atoms with Crippen molar-refractivity contribution in [2.24, 2.45) is 5.10 Å². The second-order valence-corrected chi connectivity index (χ2v) is 6.01. The number of rotatable bonds is 7. The van der Waals surface area contributed by atoms with Crippen molar-refractivity contribution in [1.29, 1.82) is 0 Å². The average Bonchev–Trinajstić information content (AvgIpc) is 3.03. The highest BCUT2D eigenvalue weighted by molar-refractivity contribution is 5.99. The van der Waals surface area contributed by atoms with Crippen molar-refractivity contribution >= 4 is 23.1 Å². The average molecular weight is 366 g/mol. The first-order chi connectivity index (χ1) is 13.1. The number of carbonyl (C=O) groups excluding carboxylic acids is 1. The molecule has 140 valence electrons. The van der Waals surface area contributed by atoms with Crippen LogP contribution in [0.5, 0.6) is 11.5 Å². The number of hydrazone groups is 1. The summed E-state index contributed by atoms with van der Waals surface area (Å²) in [5, 5.41) is 4.94. The van der Waals surface area contributed by atoms with Gasteiger partial charge in [0.05, 0.1) is 19.9 Å². The van der Waals surface area contributed by atoms with Crippen molar-refractivity contribution in [1.82, 2.24) is 5.43 Å². The minimum Gasteiger partial charge on any atom is -0.493 e. The first-order valence-corrected chi connectivity index (χ1v) is 8.76. The molecule has 0 aliphatic carbocycles. The van der Waals surface area contributed by atoms with Gasteiger partial charge >= 0.3 is 5.91 Å². The summed E-state index contributed by atoms with van der Waals surface area (Å²) >= 11 is 0. The van der Waals surface area contributed by atoms with Crippen LogP contribution < -0.4 is 14.9 Å². The van der Waals surface area contributed by atoms with Crippen LogP contribution in [0.3, 0.4) is 0 Å². The number of methoxy groups -OCH3 is 1. The second kappa shape index (κ2) is 8.40. The molecule has 1 heterocycles. The third-order valence-electron chi connectivity index (χ3n) is 4.08. The van der Waals surface area contributed by atoms with Gasteiger partial charge in [-0.05, 0) is 43.2 Å². The van der Waals surface area contributed by atoms with Crippen molar-refractivity contribution in [2.45, 2.75) is 20.3 Å². The maximum absolute atomic E-state index is 12.4. The van der Waals surface area contributed by atoms with Gasteiger partial charge in [0.15, 0.2) is 17.3 Å². The van der Waals surface area contributed by atoms with Crippen LogP contribution in [0.15, 0.2) is 52.0 Å². The molecule has 3 aromatic rings. The molecule has 0 aliphatic rings. The molecule has 0 saturated heterocycles. The molecule has 0 unspecified atom stereocenters. The Morgan fingerprint density at radius 1 is 1.22 bits per heavy atom. The third kappa shape index (κ3) is 4.11. The second-order valence-electron chi connectivity index (χ2n) is 6.01. The van der Waals surface area contributed by atoms with Crippen LogP contribution in [0.2, 0.25) is 0 Å². The van der Waals surface area contributed by atoms with E-state index in [9.17, 15) is 4.79 Å². The Morgan fingerprint density at radius 2 is 2.04 bits per heavy atom. The molecule has 3 rings (SSSR count). The number of nitrogens with zero attached hydrogens (tertiary/aromatic N) is 1. The smallest absolute Gasteiger partial charge is 0.307 e. The first kappa shape index (κ1) is 18.5. The van der Waals surface area contributed by atoms with Crippen molar-refractivity contribution in [3.05, 3.63) is 59.4 Å². The van der Waals surface area contributed by atoms with Gasteiger partial charge in [-0.25, -0.2) is 5.43 Å². The van der Waals surface area contributed by atoms with Crippen molar-refractivity contribution in [3.8, 4) is 11.5 Å². The third-order valence-corrected chi connectivity index (χ3v) is 4.08. The van der Waals surface area contributed by atoms with E-state index in [0.29, 0.717) is 23.7 Å². The summed E-state index contributed by atoms with van der Waals surface area (Å²) in [6, 6.07) is 13.0. The number of furan rings is 1. The summed E-state index contributed by atoms with van der Waals surface area (Å²) in [6.07, 6.45) is 2.45. The summed E-state index contributed by atoms with van der Waals surface area (Å²) < 4.78 is 16.6. The van der Waals surface area contributed by atoms with E-state index in [-0.39, 0.29) is 5.76 Å². The number of carbonyl (C=O) groups is 1. The molecule has 1 N–H and O–H groups in total. The van der Waals surface area contributed by atoms with E-state index in [0.717, 1.165) is 22.9 Å². The Bertz CT molecular complexity index is 975. The van der Waals surface area contributed by atoms with Crippen LogP contribution >= 0.6 is 0 Å². The Labute approximate surface area is 157 Å². The maximum Gasteiger partial charge on any atom is 0.307 e. The fourth-order valence-electron chi connectivity index (χ4n) is 2.71. The molecular formula is C21H22N2O4. The zero-order valence-corrected chi connectivity index (χ0v) is 15.6. The lowest BCUT2D eigenvalue weighted by molar-refractivity contribution is 0.0929. The fourth-order valence-corrected chi connectivity index (χ4v) is 2.71. The largest absolute Gasteiger partial charge is 0.493 e. The number of amides is 1. The number of aryl methyl sites for hydroxylation is 1. The number of nitrogens with one attached hydrogen (secondary N) is 1. The Morgan fingerprint density at radius 3 is 2.78 bits per heavy atom. The quantitative estimate of drug-likeness (QED) is 0.500. The van der Waals surface area contributed by atoms with Crippen LogP contribution in [0, 0.1) is 6.92 Å². The van der Waals surface area contributed by atoms with E-state index in [1.807, 2.05) is 50.2 Å².